The lowest BCUT2D eigenvalue weighted by Gasteiger charge is -2.31. The Kier molecular flexibility index (Phi) is 5.03. The Labute approximate surface area is 148 Å². The number of nitrogens with zero attached hydrogens (tertiary/aromatic N) is 3. The topological polar surface area (TPSA) is 91.8 Å². The van der Waals surface area contributed by atoms with E-state index >= 15 is 0 Å². The van der Waals surface area contributed by atoms with Crippen LogP contribution in [0.5, 0.6) is 5.88 Å². The Balaban J connectivity index is 1.56. The summed E-state index contributed by atoms with van der Waals surface area (Å²) < 4.78 is 31.6. The quantitative estimate of drug-likeness (QED) is 0.843. The number of likely N-dealkylation sites (tertiary alicyclic amines) is 1. The highest BCUT2D eigenvalue weighted by atomic mass is 32.2. The molecule has 0 radical (unpaired) electrons. The number of aromatic nitrogens is 1. The van der Waals surface area contributed by atoms with Crippen LogP contribution >= 0.6 is 0 Å². The molecule has 0 spiro atoms. The molecule has 0 bridgehead atoms. The van der Waals surface area contributed by atoms with Crippen LogP contribution in [0.1, 0.15) is 25.7 Å². The fourth-order valence-corrected chi connectivity index (χ4v) is 4.45. The van der Waals surface area contributed by atoms with E-state index in [1.165, 1.54) is 10.5 Å². The van der Waals surface area contributed by atoms with E-state index in [1.807, 2.05) is 0 Å². The van der Waals surface area contributed by atoms with Crippen molar-refractivity contribution in [3.63, 3.8) is 0 Å². The molecule has 0 atom stereocenters. The first kappa shape index (κ1) is 17.8. The highest BCUT2D eigenvalue weighted by Gasteiger charge is 2.38. The number of hydrogen-bond donors (Lipinski definition) is 1. The van der Waals surface area contributed by atoms with Gasteiger partial charge in [0.15, 0.2) is 0 Å². The zero-order valence-corrected chi connectivity index (χ0v) is 15.3. The summed E-state index contributed by atoms with van der Waals surface area (Å²) in [7, 11) is -0.0895. The second-order valence-corrected chi connectivity index (χ2v) is 8.67. The number of carbonyl (C=O) groups is 1. The highest BCUT2D eigenvalue weighted by Crippen LogP contribution is 2.32. The smallest absolute Gasteiger partial charge is 0.317 e. The summed E-state index contributed by atoms with van der Waals surface area (Å²) in [6, 6.07) is 3.34. The number of piperidine rings is 1. The maximum absolute atomic E-state index is 12.2. The summed E-state index contributed by atoms with van der Waals surface area (Å²) in [5.41, 5.74) is 0.536. The number of sulfonamides is 1. The van der Waals surface area contributed by atoms with E-state index in [2.05, 4.69) is 10.3 Å². The van der Waals surface area contributed by atoms with Crippen LogP contribution in [0.2, 0.25) is 0 Å². The van der Waals surface area contributed by atoms with Crippen molar-refractivity contribution in [2.75, 3.05) is 31.5 Å². The van der Waals surface area contributed by atoms with Gasteiger partial charge in [0.1, 0.15) is 6.10 Å². The Morgan fingerprint density at radius 1 is 1.28 bits per heavy atom. The first-order valence-corrected chi connectivity index (χ1v) is 9.99. The molecule has 1 aliphatic carbocycles. The van der Waals surface area contributed by atoms with E-state index in [9.17, 15) is 13.2 Å². The minimum Gasteiger partial charge on any atom is -0.474 e. The third-order valence-electron chi connectivity index (χ3n) is 4.64. The predicted octanol–water partition coefficient (Wildman–Crippen LogP) is 1.19. The second-order valence-electron chi connectivity index (χ2n) is 6.43. The van der Waals surface area contributed by atoms with Gasteiger partial charge in [0.2, 0.25) is 15.9 Å². The van der Waals surface area contributed by atoms with E-state index in [-0.39, 0.29) is 17.4 Å². The average molecular weight is 368 g/mol. The largest absolute Gasteiger partial charge is 0.474 e. The number of anilines is 1. The number of rotatable bonds is 5. The van der Waals surface area contributed by atoms with Gasteiger partial charge in [-0.3, -0.25) is 4.31 Å². The van der Waals surface area contributed by atoms with Gasteiger partial charge in [0.05, 0.1) is 17.1 Å². The van der Waals surface area contributed by atoms with Crippen molar-refractivity contribution >= 4 is 21.7 Å². The number of carbonyl (C=O) groups excluding carboxylic acids is 1. The average Bonchev–Trinajstić information content (AvgIpc) is 3.47. The molecule has 1 saturated heterocycles. The molecule has 0 aromatic carbocycles. The van der Waals surface area contributed by atoms with Crippen molar-refractivity contribution in [2.24, 2.45) is 0 Å². The molecule has 3 rings (SSSR count). The van der Waals surface area contributed by atoms with E-state index in [0.29, 0.717) is 24.7 Å². The number of urea groups is 1. The zero-order chi connectivity index (χ0) is 18.0. The van der Waals surface area contributed by atoms with Gasteiger partial charge in [-0.25, -0.2) is 18.2 Å². The van der Waals surface area contributed by atoms with Crippen molar-refractivity contribution in [1.29, 1.82) is 0 Å². The van der Waals surface area contributed by atoms with E-state index in [4.69, 9.17) is 4.74 Å². The number of pyridine rings is 1. The Morgan fingerprint density at radius 2 is 1.96 bits per heavy atom. The van der Waals surface area contributed by atoms with Crippen LogP contribution in [0.15, 0.2) is 18.3 Å². The third-order valence-corrected chi connectivity index (χ3v) is 6.93. The number of nitrogens with one attached hydrogen (secondary N) is 1. The minimum absolute atomic E-state index is 0.00665. The fourth-order valence-electron chi connectivity index (χ4n) is 2.87. The van der Waals surface area contributed by atoms with Crippen molar-refractivity contribution in [3.05, 3.63) is 18.3 Å². The number of hydrogen-bond acceptors (Lipinski definition) is 5. The lowest BCUT2D eigenvalue weighted by atomic mass is 10.1. The molecule has 9 heteroatoms. The molecule has 25 heavy (non-hydrogen) atoms. The van der Waals surface area contributed by atoms with Gasteiger partial charge in [-0.15, -0.1) is 0 Å². The standard InChI is InChI=1S/C16H24N4O4S/c1-17-16(21)20-9-7-13(8-10-20)24-15-6-3-12(11-18-15)19(2)25(22,23)14-4-5-14/h3,6,11,13-14H,4-5,7-10H2,1-2H3,(H,17,21). The molecule has 2 heterocycles. The fraction of sp³-hybridized carbons (Fsp3) is 0.625. The van der Waals surface area contributed by atoms with Crippen molar-refractivity contribution in [3.8, 4) is 5.88 Å². The predicted molar refractivity (Wildman–Crippen MR) is 94.3 cm³/mol. The summed E-state index contributed by atoms with van der Waals surface area (Å²) in [4.78, 5) is 17.6. The Bertz CT molecular complexity index is 710. The first-order chi connectivity index (χ1) is 11.9. The minimum atomic E-state index is -3.27. The Hall–Kier alpha value is -2.03. The third kappa shape index (κ3) is 3.97. The molecule has 1 aliphatic heterocycles. The molecule has 1 aromatic rings. The van der Waals surface area contributed by atoms with E-state index in [1.54, 1.807) is 31.1 Å². The summed E-state index contributed by atoms with van der Waals surface area (Å²) >= 11 is 0. The molecular formula is C16H24N4O4S. The van der Waals surface area contributed by atoms with E-state index < -0.39 is 10.0 Å². The summed E-state index contributed by atoms with van der Waals surface area (Å²) in [6.07, 6.45) is 4.48. The zero-order valence-electron chi connectivity index (χ0n) is 14.5. The lowest BCUT2D eigenvalue weighted by molar-refractivity contribution is 0.108. The maximum atomic E-state index is 12.2. The van der Waals surface area contributed by atoms with Gasteiger partial charge in [-0.2, -0.15) is 0 Å². The van der Waals surface area contributed by atoms with Crippen molar-refractivity contribution < 1.29 is 17.9 Å². The van der Waals surface area contributed by atoms with Crippen molar-refractivity contribution in [2.45, 2.75) is 37.0 Å². The summed E-state index contributed by atoms with van der Waals surface area (Å²) in [6.45, 7) is 1.29. The van der Waals surface area contributed by atoms with Crippen LogP contribution in [-0.4, -0.2) is 62.9 Å². The van der Waals surface area contributed by atoms with Crippen LogP contribution < -0.4 is 14.4 Å². The number of amides is 2. The summed E-state index contributed by atoms with van der Waals surface area (Å²) in [5, 5.41) is 2.37. The lowest BCUT2D eigenvalue weighted by Crippen LogP contribution is -2.45. The molecule has 138 valence electrons. The molecule has 8 nitrogen and oxygen atoms in total. The van der Waals surface area contributed by atoms with Crippen LogP contribution in [0.4, 0.5) is 10.5 Å². The van der Waals surface area contributed by atoms with Gasteiger partial charge in [0.25, 0.3) is 0 Å². The van der Waals surface area contributed by atoms with Gasteiger partial charge < -0.3 is 15.0 Å². The molecule has 0 unspecified atom stereocenters. The first-order valence-electron chi connectivity index (χ1n) is 8.49. The van der Waals surface area contributed by atoms with Gasteiger partial charge in [-0.05, 0) is 18.9 Å². The van der Waals surface area contributed by atoms with Gasteiger partial charge >= 0.3 is 6.03 Å². The van der Waals surface area contributed by atoms with Crippen LogP contribution in [0, 0.1) is 0 Å². The van der Waals surface area contributed by atoms with Crippen LogP contribution in [0.25, 0.3) is 0 Å². The molecule has 1 aromatic heterocycles. The van der Waals surface area contributed by atoms with Crippen molar-refractivity contribution in [1.82, 2.24) is 15.2 Å². The highest BCUT2D eigenvalue weighted by molar-refractivity contribution is 7.93. The van der Waals surface area contributed by atoms with Gasteiger partial charge in [-0.1, -0.05) is 0 Å². The molecule has 1 N–H and O–H groups in total. The molecular weight excluding hydrogens is 344 g/mol. The van der Waals surface area contributed by atoms with Crippen LogP contribution in [-0.2, 0) is 10.0 Å². The monoisotopic (exact) mass is 368 g/mol. The molecule has 2 aliphatic rings. The molecule has 2 fully saturated rings. The van der Waals surface area contributed by atoms with Crippen LogP contribution in [0.3, 0.4) is 0 Å². The van der Waals surface area contributed by atoms with E-state index in [0.717, 1.165) is 25.7 Å². The second kappa shape index (κ2) is 7.07. The van der Waals surface area contributed by atoms with Gasteiger partial charge in [0, 0.05) is 46.1 Å². The normalized spacial score (nSPS) is 18.7. The SMILES string of the molecule is CNC(=O)N1CCC(Oc2ccc(N(C)S(=O)(=O)C3CC3)cn2)CC1. The molecule has 1 saturated carbocycles. The maximum Gasteiger partial charge on any atom is 0.317 e. The number of ether oxygens (including phenoxy) is 1. The summed E-state index contributed by atoms with van der Waals surface area (Å²) in [5.74, 6) is 0.472. The Morgan fingerprint density at radius 3 is 2.48 bits per heavy atom. The molecule has 2 amide bonds.